The molecular formula is C11H22N2O. The maximum atomic E-state index is 12.1. The Balaban J connectivity index is 2.53. The zero-order chi connectivity index (χ0) is 10.8. The fraction of sp³-hybridized carbons (Fsp3) is 0.909. The van der Waals surface area contributed by atoms with Crippen LogP contribution in [0.3, 0.4) is 0 Å². The lowest BCUT2D eigenvalue weighted by molar-refractivity contribution is -0.139. The van der Waals surface area contributed by atoms with E-state index >= 15 is 0 Å². The minimum atomic E-state index is -0.418. The summed E-state index contributed by atoms with van der Waals surface area (Å²) in [6, 6.07) is 0.487. The molecule has 1 N–H and O–H groups in total. The van der Waals surface area contributed by atoms with Crippen LogP contribution in [-0.4, -0.2) is 36.0 Å². The van der Waals surface area contributed by atoms with Crippen molar-refractivity contribution in [1.29, 1.82) is 0 Å². The number of hydrogen-bond acceptors (Lipinski definition) is 2. The predicted molar refractivity (Wildman–Crippen MR) is 58.2 cm³/mol. The molecule has 0 radical (unpaired) electrons. The Morgan fingerprint density at radius 2 is 2.07 bits per heavy atom. The van der Waals surface area contributed by atoms with E-state index in [1.165, 1.54) is 19.3 Å². The van der Waals surface area contributed by atoms with Crippen molar-refractivity contribution >= 4 is 5.91 Å². The Kier molecular flexibility index (Phi) is 3.53. The summed E-state index contributed by atoms with van der Waals surface area (Å²) in [5.74, 6) is 0.212. The number of carbonyl (C=O) groups is 1. The molecule has 1 aliphatic carbocycles. The standard InChI is InChI=1S/C11H22N2O/c1-5-12-11(2,3)10(14)13(4)9-7-6-8-9/h9,12H,5-8H2,1-4H3. The van der Waals surface area contributed by atoms with Gasteiger partial charge in [-0.05, 0) is 39.7 Å². The molecule has 0 atom stereocenters. The van der Waals surface area contributed by atoms with Gasteiger partial charge in [0.2, 0.25) is 5.91 Å². The van der Waals surface area contributed by atoms with Crippen molar-refractivity contribution in [2.75, 3.05) is 13.6 Å². The van der Waals surface area contributed by atoms with Gasteiger partial charge in [0.15, 0.2) is 0 Å². The number of likely N-dealkylation sites (N-methyl/N-ethyl adjacent to an activating group) is 2. The quantitative estimate of drug-likeness (QED) is 0.740. The Bertz CT molecular complexity index is 209. The lowest BCUT2D eigenvalue weighted by Crippen LogP contribution is -2.56. The average molecular weight is 198 g/mol. The van der Waals surface area contributed by atoms with Crippen molar-refractivity contribution in [3.05, 3.63) is 0 Å². The second kappa shape index (κ2) is 4.30. The Morgan fingerprint density at radius 1 is 1.50 bits per heavy atom. The number of amides is 1. The molecule has 1 saturated carbocycles. The average Bonchev–Trinajstić information content (AvgIpc) is 1.99. The maximum absolute atomic E-state index is 12.1. The van der Waals surface area contributed by atoms with Crippen molar-refractivity contribution in [1.82, 2.24) is 10.2 Å². The molecule has 0 bridgehead atoms. The first kappa shape index (κ1) is 11.5. The molecule has 1 aliphatic rings. The predicted octanol–water partition coefficient (Wildman–Crippen LogP) is 1.39. The highest BCUT2D eigenvalue weighted by atomic mass is 16.2. The van der Waals surface area contributed by atoms with Gasteiger partial charge in [-0.25, -0.2) is 0 Å². The van der Waals surface area contributed by atoms with E-state index in [0.717, 1.165) is 6.54 Å². The van der Waals surface area contributed by atoms with Crippen molar-refractivity contribution in [3.8, 4) is 0 Å². The van der Waals surface area contributed by atoms with Gasteiger partial charge in [-0.2, -0.15) is 0 Å². The highest BCUT2D eigenvalue weighted by molar-refractivity contribution is 5.85. The van der Waals surface area contributed by atoms with Crippen LogP contribution in [0.15, 0.2) is 0 Å². The second-order valence-electron chi connectivity index (χ2n) is 4.66. The first-order valence-corrected chi connectivity index (χ1v) is 5.51. The van der Waals surface area contributed by atoms with Crippen LogP contribution in [-0.2, 0) is 4.79 Å². The monoisotopic (exact) mass is 198 g/mol. The van der Waals surface area contributed by atoms with E-state index in [4.69, 9.17) is 0 Å². The Hall–Kier alpha value is -0.570. The molecule has 0 aliphatic heterocycles. The van der Waals surface area contributed by atoms with E-state index in [1.807, 2.05) is 32.7 Å². The first-order valence-electron chi connectivity index (χ1n) is 5.51. The van der Waals surface area contributed by atoms with Crippen molar-refractivity contribution < 1.29 is 4.79 Å². The van der Waals surface area contributed by atoms with Gasteiger partial charge in [0, 0.05) is 13.1 Å². The second-order valence-corrected chi connectivity index (χ2v) is 4.66. The van der Waals surface area contributed by atoms with Crippen LogP contribution in [0.4, 0.5) is 0 Å². The fourth-order valence-corrected chi connectivity index (χ4v) is 1.90. The molecule has 3 heteroatoms. The van der Waals surface area contributed by atoms with Crippen LogP contribution >= 0.6 is 0 Å². The molecule has 1 rings (SSSR count). The molecule has 0 unspecified atom stereocenters. The van der Waals surface area contributed by atoms with Crippen LogP contribution in [0, 0.1) is 0 Å². The summed E-state index contributed by atoms with van der Waals surface area (Å²) in [7, 11) is 1.92. The molecule has 3 nitrogen and oxygen atoms in total. The van der Waals surface area contributed by atoms with Gasteiger partial charge in [0.1, 0.15) is 0 Å². The van der Waals surface area contributed by atoms with Crippen LogP contribution < -0.4 is 5.32 Å². The molecule has 14 heavy (non-hydrogen) atoms. The maximum Gasteiger partial charge on any atom is 0.242 e. The molecular weight excluding hydrogens is 176 g/mol. The summed E-state index contributed by atoms with van der Waals surface area (Å²) in [5, 5.41) is 3.21. The molecule has 0 spiro atoms. The van der Waals surface area contributed by atoms with Gasteiger partial charge in [0.25, 0.3) is 0 Å². The molecule has 0 saturated heterocycles. The van der Waals surface area contributed by atoms with Crippen molar-refractivity contribution in [2.45, 2.75) is 51.6 Å². The molecule has 0 aromatic heterocycles. The highest BCUT2D eigenvalue weighted by Gasteiger charge is 2.34. The summed E-state index contributed by atoms with van der Waals surface area (Å²) < 4.78 is 0. The molecule has 82 valence electrons. The van der Waals surface area contributed by atoms with E-state index in [-0.39, 0.29) is 5.91 Å². The normalized spacial score (nSPS) is 17.7. The smallest absolute Gasteiger partial charge is 0.242 e. The highest BCUT2D eigenvalue weighted by Crippen LogP contribution is 2.25. The van der Waals surface area contributed by atoms with Crippen LogP contribution in [0.25, 0.3) is 0 Å². The SMILES string of the molecule is CCNC(C)(C)C(=O)N(C)C1CCC1. The van der Waals surface area contributed by atoms with Crippen molar-refractivity contribution in [3.63, 3.8) is 0 Å². The van der Waals surface area contributed by atoms with Gasteiger partial charge in [0.05, 0.1) is 5.54 Å². The lowest BCUT2D eigenvalue weighted by atomic mass is 9.90. The van der Waals surface area contributed by atoms with Crippen LogP contribution in [0.2, 0.25) is 0 Å². The summed E-state index contributed by atoms with van der Waals surface area (Å²) in [5.41, 5.74) is -0.418. The Labute approximate surface area is 86.9 Å². The van der Waals surface area contributed by atoms with E-state index in [1.54, 1.807) is 0 Å². The van der Waals surface area contributed by atoms with Gasteiger partial charge in [-0.15, -0.1) is 0 Å². The largest absolute Gasteiger partial charge is 0.341 e. The van der Waals surface area contributed by atoms with Crippen LogP contribution in [0.1, 0.15) is 40.0 Å². The van der Waals surface area contributed by atoms with Gasteiger partial charge >= 0.3 is 0 Å². The number of rotatable bonds is 4. The Morgan fingerprint density at radius 3 is 2.43 bits per heavy atom. The minimum Gasteiger partial charge on any atom is -0.341 e. The van der Waals surface area contributed by atoms with Crippen molar-refractivity contribution in [2.24, 2.45) is 0 Å². The van der Waals surface area contributed by atoms with E-state index in [0.29, 0.717) is 6.04 Å². The lowest BCUT2D eigenvalue weighted by Gasteiger charge is -2.39. The van der Waals surface area contributed by atoms with E-state index in [9.17, 15) is 4.79 Å². The summed E-state index contributed by atoms with van der Waals surface area (Å²) in [4.78, 5) is 14.0. The van der Waals surface area contributed by atoms with E-state index in [2.05, 4.69) is 5.32 Å². The van der Waals surface area contributed by atoms with Crippen LogP contribution in [0.5, 0.6) is 0 Å². The number of nitrogens with zero attached hydrogens (tertiary/aromatic N) is 1. The summed E-state index contributed by atoms with van der Waals surface area (Å²) in [6.07, 6.45) is 3.61. The third-order valence-electron chi connectivity index (χ3n) is 3.10. The number of carbonyl (C=O) groups excluding carboxylic acids is 1. The molecule has 1 amide bonds. The van der Waals surface area contributed by atoms with Gasteiger partial charge in [-0.3, -0.25) is 4.79 Å². The third kappa shape index (κ3) is 2.27. The zero-order valence-electron chi connectivity index (χ0n) is 9.76. The number of nitrogens with one attached hydrogen (secondary N) is 1. The summed E-state index contributed by atoms with van der Waals surface area (Å²) >= 11 is 0. The molecule has 0 aromatic rings. The topological polar surface area (TPSA) is 32.3 Å². The zero-order valence-corrected chi connectivity index (χ0v) is 9.76. The van der Waals surface area contributed by atoms with E-state index < -0.39 is 5.54 Å². The third-order valence-corrected chi connectivity index (χ3v) is 3.10. The number of hydrogen-bond donors (Lipinski definition) is 1. The first-order chi connectivity index (χ1) is 6.49. The molecule has 0 aromatic carbocycles. The minimum absolute atomic E-state index is 0.212. The van der Waals surface area contributed by atoms with Gasteiger partial charge in [-0.1, -0.05) is 6.92 Å². The van der Waals surface area contributed by atoms with Gasteiger partial charge < -0.3 is 10.2 Å². The molecule has 1 fully saturated rings. The fourth-order valence-electron chi connectivity index (χ4n) is 1.90. The molecule has 0 heterocycles. The summed E-state index contributed by atoms with van der Waals surface area (Å²) in [6.45, 7) is 6.76.